The van der Waals surface area contributed by atoms with Gasteiger partial charge >= 0.3 is 5.97 Å². The number of anilines is 1. The van der Waals surface area contributed by atoms with Gasteiger partial charge in [0.05, 0.1) is 7.11 Å². The van der Waals surface area contributed by atoms with E-state index in [0.29, 0.717) is 17.0 Å². The topological polar surface area (TPSA) is 65.1 Å². The molecule has 150 valence electrons. The average Bonchev–Trinajstić information content (AvgIpc) is 3.17. The zero-order chi connectivity index (χ0) is 20.7. The van der Waals surface area contributed by atoms with Crippen molar-refractivity contribution in [3.05, 3.63) is 96.1 Å². The van der Waals surface area contributed by atoms with E-state index in [0.717, 1.165) is 5.56 Å². The summed E-state index contributed by atoms with van der Waals surface area (Å²) in [7, 11) is 1.58. The molecule has 1 amide bonds. The minimum absolute atomic E-state index is 0.432. The molecule has 5 rings (SSSR count). The summed E-state index contributed by atoms with van der Waals surface area (Å²) in [6, 6.07) is 25.0. The van der Waals surface area contributed by atoms with Crippen LogP contribution in [0.1, 0.15) is 23.5 Å². The van der Waals surface area contributed by atoms with Crippen molar-refractivity contribution >= 4 is 17.6 Å². The molecule has 3 atom stereocenters. The number of para-hydroxylation sites is 1. The van der Waals surface area contributed by atoms with Crippen LogP contribution in [-0.4, -0.2) is 24.6 Å². The van der Waals surface area contributed by atoms with Gasteiger partial charge in [-0.2, -0.15) is 0 Å². The molecule has 0 radical (unpaired) electrons. The average molecular weight is 401 g/mol. The molecule has 6 nitrogen and oxygen atoms in total. The van der Waals surface area contributed by atoms with E-state index in [-0.39, 0.29) is 0 Å². The van der Waals surface area contributed by atoms with Crippen molar-refractivity contribution in [3.8, 4) is 5.75 Å². The number of β-lactam (4-membered cyclic amide) rings is 1. The summed E-state index contributed by atoms with van der Waals surface area (Å²) in [6.45, 7) is 0. The Morgan fingerprint density at radius 3 is 2.10 bits per heavy atom. The summed E-state index contributed by atoms with van der Waals surface area (Å²) in [5, 5.41) is 0. The minimum atomic E-state index is -1.72. The standard InChI is InChI=1S/C24H19NO5/c1-28-19-14-12-16(13-15-19)20-24(22(26)25(20)18-10-6-3-7-11-18)23(27)29-21(30-24)17-8-4-2-5-9-17/h2-15,20-21H,1H3/t20-,21+,24-/m0/s1. The van der Waals surface area contributed by atoms with Crippen molar-refractivity contribution in [2.45, 2.75) is 17.9 Å². The van der Waals surface area contributed by atoms with Gasteiger partial charge in [0.15, 0.2) is 0 Å². The van der Waals surface area contributed by atoms with Crippen LogP contribution >= 0.6 is 0 Å². The number of rotatable bonds is 4. The zero-order valence-electron chi connectivity index (χ0n) is 16.2. The van der Waals surface area contributed by atoms with E-state index in [4.69, 9.17) is 14.2 Å². The van der Waals surface area contributed by atoms with Gasteiger partial charge in [0, 0.05) is 11.3 Å². The first kappa shape index (κ1) is 18.4. The number of amides is 1. The molecule has 0 aromatic heterocycles. The van der Waals surface area contributed by atoms with E-state index < -0.39 is 29.8 Å². The van der Waals surface area contributed by atoms with Crippen LogP contribution in [0, 0.1) is 0 Å². The van der Waals surface area contributed by atoms with Crippen molar-refractivity contribution in [2.24, 2.45) is 0 Å². The first-order chi connectivity index (χ1) is 14.6. The largest absolute Gasteiger partial charge is 0.497 e. The van der Waals surface area contributed by atoms with Crippen LogP contribution in [-0.2, 0) is 19.1 Å². The van der Waals surface area contributed by atoms with Crippen molar-refractivity contribution in [2.75, 3.05) is 12.0 Å². The summed E-state index contributed by atoms with van der Waals surface area (Å²) < 4.78 is 16.8. The lowest BCUT2D eigenvalue weighted by molar-refractivity contribution is -0.168. The Bertz CT molecular complexity index is 1080. The SMILES string of the molecule is COc1ccc([C@@H]2N(c3ccccc3)C(=O)[C@@]23O[C@H](c2ccccc2)OC3=O)cc1. The van der Waals surface area contributed by atoms with Crippen LogP contribution in [0.25, 0.3) is 0 Å². The highest BCUT2D eigenvalue weighted by Crippen LogP contribution is 2.54. The Hall–Kier alpha value is -3.64. The Morgan fingerprint density at radius 2 is 1.47 bits per heavy atom. The highest BCUT2D eigenvalue weighted by Gasteiger charge is 2.73. The molecule has 0 bridgehead atoms. The number of carbonyl (C=O) groups excluding carboxylic acids is 2. The number of carbonyl (C=O) groups is 2. The number of methoxy groups -OCH3 is 1. The summed E-state index contributed by atoms with van der Waals surface area (Å²) in [5.41, 5.74) is 0.408. The normalized spacial score (nSPS) is 25.2. The Labute approximate surface area is 173 Å². The predicted molar refractivity (Wildman–Crippen MR) is 109 cm³/mol. The molecule has 3 aromatic carbocycles. The molecule has 2 heterocycles. The molecule has 0 N–H and O–H groups in total. The fourth-order valence-corrected chi connectivity index (χ4v) is 4.04. The van der Waals surface area contributed by atoms with E-state index in [1.54, 1.807) is 36.3 Å². The summed E-state index contributed by atoms with van der Waals surface area (Å²) in [6.07, 6.45) is -0.929. The van der Waals surface area contributed by atoms with Gasteiger partial charge in [-0.3, -0.25) is 9.69 Å². The number of esters is 1. The molecule has 2 aliphatic rings. The van der Waals surface area contributed by atoms with Crippen LogP contribution in [0.2, 0.25) is 0 Å². The first-order valence-corrected chi connectivity index (χ1v) is 9.61. The lowest BCUT2D eigenvalue weighted by Gasteiger charge is -2.50. The highest BCUT2D eigenvalue weighted by molar-refractivity contribution is 6.21. The number of hydrogen-bond donors (Lipinski definition) is 0. The second-order valence-electron chi connectivity index (χ2n) is 7.19. The Morgan fingerprint density at radius 1 is 0.833 bits per heavy atom. The number of ether oxygens (including phenoxy) is 3. The first-order valence-electron chi connectivity index (χ1n) is 9.61. The lowest BCUT2D eigenvalue weighted by Crippen LogP contribution is -2.71. The third-order valence-corrected chi connectivity index (χ3v) is 5.53. The molecule has 2 saturated heterocycles. The summed E-state index contributed by atoms with van der Waals surface area (Å²) >= 11 is 0. The van der Waals surface area contributed by atoms with E-state index in [2.05, 4.69) is 0 Å². The Balaban J connectivity index is 1.58. The maximum Gasteiger partial charge on any atom is 0.353 e. The van der Waals surface area contributed by atoms with Crippen molar-refractivity contribution in [1.29, 1.82) is 0 Å². The van der Waals surface area contributed by atoms with Gasteiger partial charge in [0.25, 0.3) is 11.5 Å². The van der Waals surface area contributed by atoms with Crippen LogP contribution in [0.5, 0.6) is 5.75 Å². The van der Waals surface area contributed by atoms with Gasteiger partial charge in [-0.05, 0) is 29.8 Å². The molecule has 0 aliphatic carbocycles. The molecule has 2 aliphatic heterocycles. The van der Waals surface area contributed by atoms with Crippen LogP contribution in [0.4, 0.5) is 5.69 Å². The smallest absolute Gasteiger partial charge is 0.353 e. The molecule has 3 aromatic rings. The predicted octanol–water partition coefficient (Wildman–Crippen LogP) is 3.79. The van der Waals surface area contributed by atoms with Crippen LogP contribution in [0.3, 0.4) is 0 Å². The molecule has 0 saturated carbocycles. The van der Waals surface area contributed by atoms with Gasteiger partial charge in [0.1, 0.15) is 11.8 Å². The molecule has 1 spiro atoms. The van der Waals surface area contributed by atoms with E-state index >= 15 is 0 Å². The molecule has 0 unspecified atom stereocenters. The van der Waals surface area contributed by atoms with Gasteiger partial charge in [-0.15, -0.1) is 0 Å². The van der Waals surface area contributed by atoms with Gasteiger partial charge in [0.2, 0.25) is 6.29 Å². The molecule has 2 fully saturated rings. The number of benzene rings is 3. The third-order valence-electron chi connectivity index (χ3n) is 5.53. The fourth-order valence-electron chi connectivity index (χ4n) is 4.04. The van der Waals surface area contributed by atoms with Crippen molar-refractivity contribution in [3.63, 3.8) is 0 Å². The summed E-state index contributed by atoms with van der Waals surface area (Å²) in [5.74, 6) is -0.422. The monoisotopic (exact) mass is 401 g/mol. The van der Waals surface area contributed by atoms with Crippen LogP contribution < -0.4 is 9.64 Å². The number of cyclic esters (lactones) is 1. The third kappa shape index (κ3) is 2.61. The van der Waals surface area contributed by atoms with Gasteiger partial charge < -0.3 is 14.2 Å². The highest BCUT2D eigenvalue weighted by atomic mass is 16.8. The van der Waals surface area contributed by atoms with E-state index in [1.165, 1.54) is 0 Å². The molecule has 30 heavy (non-hydrogen) atoms. The second kappa shape index (κ2) is 7.00. The van der Waals surface area contributed by atoms with Gasteiger partial charge in [-0.25, -0.2) is 4.79 Å². The zero-order valence-corrected chi connectivity index (χ0v) is 16.2. The molecule has 6 heteroatoms. The van der Waals surface area contributed by atoms with E-state index in [9.17, 15) is 9.59 Å². The quantitative estimate of drug-likeness (QED) is 0.378. The maximum absolute atomic E-state index is 13.4. The minimum Gasteiger partial charge on any atom is -0.497 e. The lowest BCUT2D eigenvalue weighted by atomic mass is 9.77. The maximum atomic E-state index is 13.4. The fraction of sp³-hybridized carbons (Fsp3) is 0.167. The second-order valence-corrected chi connectivity index (χ2v) is 7.19. The molecular formula is C24H19NO5. The van der Waals surface area contributed by atoms with E-state index in [1.807, 2.05) is 60.7 Å². The Kier molecular flexibility index (Phi) is 4.29. The van der Waals surface area contributed by atoms with Crippen molar-refractivity contribution < 1.29 is 23.8 Å². The number of hydrogen-bond acceptors (Lipinski definition) is 5. The van der Waals surface area contributed by atoms with Crippen LogP contribution in [0.15, 0.2) is 84.9 Å². The summed E-state index contributed by atoms with van der Waals surface area (Å²) in [4.78, 5) is 28.0. The molecular weight excluding hydrogens is 382 g/mol. The van der Waals surface area contributed by atoms with Crippen molar-refractivity contribution in [1.82, 2.24) is 0 Å². The number of nitrogens with zero attached hydrogens (tertiary/aromatic N) is 1. The van der Waals surface area contributed by atoms with Gasteiger partial charge in [-0.1, -0.05) is 60.7 Å².